The van der Waals surface area contributed by atoms with Crippen molar-refractivity contribution in [1.29, 1.82) is 0 Å². The SMILES string of the molecule is O=S(=O)(Nc1nccs1)c1cc(Cl)c(NCCC2CCSCC2)cc1F. The lowest BCUT2D eigenvalue weighted by molar-refractivity contribution is 0.466. The molecule has 0 unspecified atom stereocenters. The van der Waals surface area contributed by atoms with Gasteiger partial charge in [-0.1, -0.05) is 11.6 Å². The molecule has 26 heavy (non-hydrogen) atoms. The largest absolute Gasteiger partial charge is 0.384 e. The monoisotopic (exact) mass is 435 g/mol. The van der Waals surface area contributed by atoms with Crippen LogP contribution in [0.25, 0.3) is 0 Å². The van der Waals surface area contributed by atoms with E-state index in [1.165, 1.54) is 30.5 Å². The van der Waals surface area contributed by atoms with E-state index in [9.17, 15) is 12.8 Å². The molecule has 2 heterocycles. The predicted molar refractivity (Wildman–Crippen MR) is 107 cm³/mol. The fourth-order valence-electron chi connectivity index (χ4n) is 2.76. The normalized spacial score (nSPS) is 15.8. The minimum atomic E-state index is -4.08. The van der Waals surface area contributed by atoms with E-state index in [-0.39, 0.29) is 10.2 Å². The number of aromatic nitrogens is 1. The lowest BCUT2D eigenvalue weighted by atomic mass is 9.99. The third kappa shape index (κ3) is 5.03. The van der Waals surface area contributed by atoms with Crippen molar-refractivity contribution in [2.45, 2.75) is 24.2 Å². The zero-order chi connectivity index (χ0) is 18.6. The molecular weight excluding hydrogens is 417 g/mol. The van der Waals surface area contributed by atoms with Gasteiger partial charge in [0.15, 0.2) is 5.13 Å². The molecule has 0 radical (unpaired) electrons. The van der Waals surface area contributed by atoms with Crippen molar-refractivity contribution in [3.63, 3.8) is 0 Å². The number of anilines is 2. The molecule has 3 rings (SSSR count). The van der Waals surface area contributed by atoms with Gasteiger partial charge in [-0.25, -0.2) is 17.8 Å². The van der Waals surface area contributed by atoms with Gasteiger partial charge < -0.3 is 5.32 Å². The number of rotatable bonds is 7. The van der Waals surface area contributed by atoms with Gasteiger partial charge >= 0.3 is 0 Å². The van der Waals surface area contributed by atoms with Crippen molar-refractivity contribution in [2.24, 2.45) is 5.92 Å². The fourth-order valence-corrected chi connectivity index (χ4v) is 6.13. The molecule has 0 spiro atoms. The number of nitrogens with one attached hydrogen (secondary N) is 2. The number of halogens is 2. The van der Waals surface area contributed by atoms with Crippen LogP contribution in [0, 0.1) is 11.7 Å². The van der Waals surface area contributed by atoms with Crippen molar-refractivity contribution in [3.05, 3.63) is 34.5 Å². The summed E-state index contributed by atoms with van der Waals surface area (Å²) in [5.74, 6) is 2.21. The van der Waals surface area contributed by atoms with Crippen LogP contribution in [0.4, 0.5) is 15.2 Å². The quantitative estimate of drug-likeness (QED) is 0.660. The fraction of sp³-hybridized carbons (Fsp3) is 0.438. The summed E-state index contributed by atoms with van der Waals surface area (Å²) in [5, 5.41) is 5.09. The second-order valence-electron chi connectivity index (χ2n) is 5.98. The van der Waals surface area contributed by atoms with Gasteiger partial charge in [0.1, 0.15) is 10.7 Å². The van der Waals surface area contributed by atoms with Crippen LogP contribution in [0.5, 0.6) is 0 Å². The summed E-state index contributed by atoms with van der Waals surface area (Å²) >= 11 is 9.26. The summed E-state index contributed by atoms with van der Waals surface area (Å²) in [4.78, 5) is 3.35. The van der Waals surface area contributed by atoms with E-state index in [2.05, 4.69) is 15.0 Å². The number of sulfonamides is 1. The second kappa shape index (κ2) is 8.77. The molecule has 1 aromatic heterocycles. The molecule has 5 nitrogen and oxygen atoms in total. The Morgan fingerprint density at radius 3 is 2.77 bits per heavy atom. The maximum absolute atomic E-state index is 14.4. The Bertz CT molecular complexity index is 841. The van der Waals surface area contributed by atoms with E-state index < -0.39 is 20.7 Å². The minimum Gasteiger partial charge on any atom is -0.384 e. The minimum absolute atomic E-state index is 0.171. The van der Waals surface area contributed by atoms with E-state index in [0.717, 1.165) is 29.9 Å². The van der Waals surface area contributed by atoms with Crippen molar-refractivity contribution < 1.29 is 12.8 Å². The Morgan fingerprint density at radius 1 is 1.31 bits per heavy atom. The van der Waals surface area contributed by atoms with E-state index >= 15 is 0 Å². The Balaban J connectivity index is 1.67. The highest BCUT2D eigenvalue weighted by Gasteiger charge is 2.22. The molecule has 1 aromatic carbocycles. The molecule has 1 aliphatic rings. The standard InChI is InChI=1S/C16H19ClFN3O2S3/c17-12-9-15(26(22,23)21-16-20-5-8-25-16)13(18)10-14(12)19-4-1-11-2-6-24-7-3-11/h5,8-11,19H,1-4,6-7H2,(H,20,21). The van der Waals surface area contributed by atoms with Gasteiger partial charge in [0.2, 0.25) is 0 Å². The summed E-state index contributed by atoms with van der Waals surface area (Å²) in [7, 11) is -4.08. The van der Waals surface area contributed by atoms with Gasteiger partial charge in [-0.15, -0.1) is 11.3 Å². The number of hydrogen-bond donors (Lipinski definition) is 2. The molecule has 2 N–H and O–H groups in total. The van der Waals surface area contributed by atoms with Crippen LogP contribution >= 0.6 is 34.7 Å². The number of hydrogen-bond acceptors (Lipinski definition) is 6. The van der Waals surface area contributed by atoms with Crippen LogP contribution in [0.3, 0.4) is 0 Å². The van der Waals surface area contributed by atoms with Gasteiger partial charge in [-0.2, -0.15) is 11.8 Å². The van der Waals surface area contributed by atoms with Crippen LogP contribution in [-0.4, -0.2) is 31.5 Å². The number of nitrogens with zero attached hydrogens (tertiary/aromatic N) is 1. The Morgan fingerprint density at radius 2 is 2.08 bits per heavy atom. The van der Waals surface area contributed by atoms with Crippen molar-refractivity contribution in [2.75, 3.05) is 28.1 Å². The predicted octanol–water partition coefficient (Wildman–Crippen LogP) is 4.68. The first kappa shape index (κ1) is 19.7. The van der Waals surface area contributed by atoms with E-state index in [1.54, 1.807) is 5.38 Å². The van der Waals surface area contributed by atoms with Gasteiger partial charge in [-0.3, -0.25) is 4.72 Å². The lowest BCUT2D eigenvalue weighted by Crippen LogP contribution is -2.16. The first-order valence-electron chi connectivity index (χ1n) is 8.18. The molecule has 1 fully saturated rings. The first-order valence-corrected chi connectivity index (χ1v) is 12.1. The number of thioether (sulfide) groups is 1. The highest BCUT2D eigenvalue weighted by molar-refractivity contribution is 7.99. The van der Waals surface area contributed by atoms with Crippen LogP contribution in [0.1, 0.15) is 19.3 Å². The molecule has 0 aliphatic carbocycles. The summed E-state index contributed by atoms with van der Waals surface area (Å²) in [6.45, 7) is 0.679. The molecule has 10 heteroatoms. The molecule has 0 amide bonds. The van der Waals surface area contributed by atoms with E-state index in [4.69, 9.17) is 11.6 Å². The maximum atomic E-state index is 14.4. The second-order valence-corrected chi connectivity index (χ2v) is 10.2. The number of benzene rings is 1. The topological polar surface area (TPSA) is 71.1 Å². The molecule has 0 saturated carbocycles. The van der Waals surface area contributed by atoms with Gasteiger partial charge in [0.25, 0.3) is 10.0 Å². The third-order valence-corrected chi connectivity index (χ3v) is 7.71. The molecule has 0 atom stereocenters. The average Bonchev–Trinajstić information content (AvgIpc) is 3.10. The zero-order valence-electron chi connectivity index (χ0n) is 13.9. The van der Waals surface area contributed by atoms with Crippen molar-refractivity contribution in [1.82, 2.24) is 4.98 Å². The molecule has 2 aromatic rings. The Kier molecular flexibility index (Phi) is 6.65. The van der Waals surface area contributed by atoms with Crippen LogP contribution < -0.4 is 10.0 Å². The molecular formula is C16H19ClFN3O2S3. The van der Waals surface area contributed by atoms with E-state index in [0.29, 0.717) is 18.2 Å². The van der Waals surface area contributed by atoms with Crippen LogP contribution in [0.15, 0.2) is 28.6 Å². The first-order chi connectivity index (χ1) is 12.5. The van der Waals surface area contributed by atoms with Crippen molar-refractivity contribution >= 4 is 55.5 Å². The average molecular weight is 436 g/mol. The van der Waals surface area contributed by atoms with Gasteiger partial charge in [0, 0.05) is 18.1 Å². The molecule has 0 bridgehead atoms. The van der Waals surface area contributed by atoms with E-state index in [1.807, 2.05) is 11.8 Å². The maximum Gasteiger partial charge on any atom is 0.266 e. The summed E-state index contributed by atoms with van der Waals surface area (Å²) < 4.78 is 41.3. The summed E-state index contributed by atoms with van der Waals surface area (Å²) in [6.07, 6.45) is 4.86. The Labute approximate surface area is 165 Å². The van der Waals surface area contributed by atoms with Crippen molar-refractivity contribution in [3.8, 4) is 0 Å². The zero-order valence-corrected chi connectivity index (χ0v) is 17.1. The Hall–Kier alpha value is -1.03. The highest BCUT2D eigenvalue weighted by atomic mass is 35.5. The van der Waals surface area contributed by atoms with Gasteiger partial charge in [0.05, 0.1) is 10.7 Å². The smallest absolute Gasteiger partial charge is 0.266 e. The van der Waals surface area contributed by atoms with Crippen LogP contribution in [-0.2, 0) is 10.0 Å². The summed E-state index contributed by atoms with van der Waals surface area (Å²) in [6, 6.07) is 2.27. The molecule has 142 valence electrons. The summed E-state index contributed by atoms with van der Waals surface area (Å²) in [5.41, 5.74) is 0.405. The van der Waals surface area contributed by atoms with Crippen LogP contribution in [0.2, 0.25) is 5.02 Å². The number of thiazole rings is 1. The lowest BCUT2D eigenvalue weighted by Gasteiger charge is -2.21. The van der Waals surface area contributed by atoms with Gasteiger partial charge in [-0.05, 0) is 48.8 Å². The molecule has 1 aliphatic heterocycles. The third-order valence-electron chi connectivity index (χ3n) is 4.17. The molecule has 1 saturated heterocycles. The highest BCUT2D eigenvalue weighted by Crippen LogP contribution is 2.30.